The highest BCUT2D eigenvalue weighted by atomic mass is 32.1. The van der Waals surface area contributed by atoms with Crippen LogP contribution in [0.1, 0.15) is 54.0 Å². The van der Waals surface area contributed by atoms with Crippen molar-refractivity contribution in [1.82, 2.24) is 10.3 Å². The highest BCUT2D eigenvalue weighted by molar-refractivity contribution is 7.09. The Labute approximate surface area is 134 Å². The zero-order valence-corrected chi connectivity index (χ0v) is 13.4. The molecule has 3 rings (SSSR count). The minimum atomic E-state index is -1.00. The number of carbonyl (C=O) groups excluding carboxylic acids is 1. The van der Waals surface area contributed by atoms with E-state index in [1.165, 1.54) is 43.4 Å². The number of carbonyl (C=O) groups is 2. The maximum atomic E-state index is 12.1. The lowest BCUT2D eigenvalue weighted by Crippen LogP contribution is -2.28. The number of hydrogen-bond donors (Lipinski definition) is 2. The van der Waals surface area contributed by atoms with Gasteiger partial charge in [0.25, 0.3) is 0 Å². The molecule has 1 aromatic heterocycles. The average molecular weight is 322 g/mol. The van der Waals surface area contributed by atoms with E-state index in [-0.39, 0.29) is 17.5 Å². The maximum Gasteiger partial charge on any atom is 0.355 e. The highest BCUT2D eigenvalue weighted by Crippen LogP contribution is 2.49. The number of carboxylic acid groups (broad SMARTS) is 1. The summed E-state index contributed by atoms with van der Waals surface area (Å²) < 4.78 is 0. The van der Waals surface area contributed by atoms with Gasteiger partial charge in [-0.05, 0) is 18.3 Å². The van der Waals surface area contributed by atoms with Crippen LogP contribution in [0.15, 0.2) is 5.38 Å². The van der Waals surface area contributed by atoms with Crippen molar-refractivity contribution in [1.29, 1.82) is 0 Å². The topological polar surface area (TPSA) is 79.3 Å². The van der Waals surface area contributed by atoms with Crippen LogP contribution in [0.3, 0.4) is 0 Å². The second-order valence-corrected chi connectivity index (χ2v) is 7.32. The lowest BCUT2D eigenvalue weighted by Gasteiger charge is -2.21. The minimum Gasteiger partial charge on any atom is -0.476 e. The molecule has 0 spiro atoms. The van der Waals surface area contributed by atoms with Crippen LogP contribution >= 0.6 is 11.3 Å². The van der Waals surface area contributed by atoms with E-state index in [1.54, 1.807) is 5.38 Å². The van der Waals surface area contributed by atoms with E-state index in [1.807, 2.05) is 0 Å². The number of aromatic nitrogens is 1. The van der Waals surface area contributed by atoms with Crippen molar-refractivity contribution in [2.24, 2.45) is 17.8 Å². The maximum absolute atomic E-state index is 12.1. The number of thiazole rings is 1. The van der Waals surface area contributed by atoms with E-state index in [9.17, 15) is 9.59 Å². The molecule has 2 aliphatic rings. The Bertz CT molecular complexity index is 551. The van der Waals surface area contributed by atoms with Crippen molar-refractivity contribution in [2.45, 2.75) is 44.9 Å². The highest BCUT2D eigenvalue weighted by Gasteiger charge is 2.47. The molecule has 2 aliphatic carbocycles. The molecular formula is C16H22N2O3S. The van der Waals surface area contributed by atoms with Gasteiger partial charge in [0.15, 0.2) is 5.69 Å². The molecule has 1 amide bonds. The molecule has 1 heterocycles. The second kappa shape index (κ2) is 6.77. The lowest BCUT2D eigenvalue weighted by molar-refractivity contribution is -0.122. The summed E-state index contributed by atoms with van der Waals surface area (Å²) in [7, 11) is 0. The summed E-state index contributed by atoms with van der Waals surface area (Å²) in [6.45, 7) is 0.541. The average Bonchev–Trinajstić information content (AvgIpc) is 3.19. The molecule has 2 saturated carbocycles. The summed E-state index contributed by atoms with van der Waals surface area (Å²) in [6.07, 6.45) is 8.25. The van der Waals surface area contributed by atoms with Gasteiger partial charge in [0.2, 0.25) is 5.91 Å². The summed E-state index contributed by atoms with van der Waals surface area (Å²) in [5.41, 5.74) is 0.0888. The van der Waals surface area contributed by atoms with Crippen molar-refractivity contribution in [3.05, 3.63) is 16.1 Å². The van der Waals surface area contributed by atoms with Crippen LogP contribution < -0.4 is 5.32 Å². The van der Waals surface area contributed by atoms with Gasteiger partial charge in [-0.25, -0.2) is 9.78 Å². The number of rotatable bonds is 6. The molecular weight excluding hydrogens is 300 g/mol. The SMILES string of the molecule is O=C(O)c1csc(CCNC(=O)C2CC2C2CCCCC2)n1. The number of nitrogens with zero attached hydrogens (tertiary/aromatic N) is 1. The Morgan fingerprint density at radius 1 is 1.32 bits per heavy atom. The van der Waals surface area contributed by atoms with Gasteiger partial charge < -0.3 is 10.4 Å². The largest absolute Gasteiger partial charge is 0.476 e. The van der Waals surface area contributed by atoms with E-state index in [0.29, 0.717) is 18.9 Å². The van der Waals surface area contributed by atoms with Crippen molar-refractivity contribution in [3.63, 3.8) is 0 Å². The normalized spacial score (nSPS) is 24.9. The second-order valence-electron chi connectivity index (χ2n) is 6.38. The van der Waals surface area contributed by atoms with Crippen molar-refractivity contribution < 1.29 is 14.7 Å². The summed E-state index contributed by atoms with van der Waals surface area (Å²) >= 11 is 1.33. The Balaban J connectivity index is 1.38. The van der Waals surface area contributed by atoms with Crippen LogP contribution in [-0.4, -0.2) is 28.5 Å². The molecule has 5 nitrogen and oxygen atoms in total. The predicted octanol–water partition coefficient (Wildman–Crippen LogP) is 2.72. The Hall–Kier alpha value is -1.43. The molecule has 2 atom stereocenters. The van der Waals surface area contributed by atoms with Crippen LogP contribution in [-0.2, 0) is 11.2 Å². The standard InChI is InChI=1S/C16H22N2O3S/c19-15(12-8-11(12)10-4-2-1-3-5-10)17-7-6-14-18-13(9-22-14)16(20)21/h9-12H,1-8H2,(H,17,19)(H,20,21). The van der Waals surface area contributed by atoms with E-state index in [0.717, 1.165) is 17.3 Å². The summed E-state index contributed by atoms with van der Waals surface area (Å²) in [5.74, 6) is 0.764. The molecule has 6 heteroatoms. The molecule has 120 valence electrons. The molecule has 2 fully saturated rings. The van der Waals surface area contributed by atoms with Gasteiger partial charge in [-0.3, -0.25) is 4.79 Å². The van der Waals surface area contributed by atoms with Crippen LogP contribution in [0.4, 0.5) is 0 Å². The molecule has 0 radical (unpaired) electrons. The fourth-order valence-electron chi connectivity index (χ4n) is 3.55. The molecule has 0 saturated heterocycles. The fraction of sp³-hybridized carbons (Fsp3) is 0.688. The van der Waals surface area contributed by atoms with E-state index in [2.05, 4.69) is 10.3 Å². The van der Waals surface area contributed by atoms with Gasteiger partial charge in [-0.1, -0.05) is 32.1 Å². The molecule has 0 aromatic carbocycles. The summed E-state index contributed by atoms with van der Waals surface area (Å²) in [6, 6.07) is 0. The summed E-state index contributed by atoms with van der Waals surface area (Å²) in [4.78, 5) is 26.9. The van der Waals surface area contributed by atoms with Gasteiger partial charge in [0.1, 0.15) is 0 Å². The number of carboxylic acids is 1. The molecule has 1 aromatic rings. The van der Waals surface area contributed by atoms with E-state index >= 15 is 0 Å². The Kier molecular flexibility index (Phi) is 4.76. The van der Waals surface area contributed by atoms with Gasteiger partial charge >= 0.3 is 5.97 Å². The fourth-order valence-corrected chi connectivity index (χ4v) is 4.32. The lowest BCUT2D eigenvalue weighted by atomic mass is 9.85. The molecule has 2 N–H and O–H groups in total. The van der Waals surface area contributed by atoms with E-state index < -0.39 is 5.97 Å². The third-order valence-electron chi connectivity index (χ3n) is 4.84. The minimum absolute atomic E-state index is 0.0888. The quantitative estimate of drug-likeness (QED) is 0.844. The van der Waals surface area contributed by atoms with Crippen molar-refractivity contribution in [2.75, 3.05) is 6.54 Å². The number of nitrogens with one attached hydrogen (secondary N) is 1. The first-order valence-electron chi connectivity index (χ1n) is 8.10. The molecule has 2 unspecified atom stereocenters. The number of amides is 1. The van der Waals surface area contributed by atoms with Gasteiger partial charge in [-0.15, -0.1) is 11.3 Å². The number of hydrogen-bond acceptors (Lipinski definition) is 4. The summed E-state index contributed by atoms with van der Waals surface area (Å²) in [5, 5.41) is 14.1. The Morgan fingerprint density at radius 3 is 2.77 bits per heavy atom. The molecule has 0 bridgehead atoms. The predicted molar refractivity (Wildman–Crippen MR) is 84.0 cm³/mol. The van der Waals surface area contributed by atoms with Crippen LogP contribution in [0.5, 0.6) is 0 Å². The first kappa shape index (κ1) is 15.5. The van der Waals surface area contributed by atoms with Crippen LogP contribution in [0, 0.1) is 17.8 Å². The first-order valence-corrected chi connectivity index (χ1v) is 8.98. The van der Waals surface area contributed by atoms with Crippen LogP contribution in [0.2, 0.25) is 0 Å². The van der Waals surface area contributed by atoms with Crippen molar-refractivity contribution in [3.8, 4) is 0 Å². The van der Waals surface area contributed by atoms with E-state index in [4.69, 9.17) is 5.11 Å². The third kappa shape index (κ3) is 3.66. The smallest absolute Gasteiger partial charge is 0.355 e. The first-order chi connectivity index (χ1) is 10.6. The Morgan fingerprint density at radius 2 is 2.09 bits per heavy atom. The van der Waals surface area contributed by atoms with Gasteiger partial charge in [-0.2, -0.15) is 0 Å². The number of aromatic carboxylic acids is 1. The van der Waals surface area contributed by atoms with Crippen LogP contribution in [0.25, 0.3) is 0 Å². The molecule has 22 heavy (non-hydrogen) atoms. The zero-order valence-electron chi connectivity index (χ0n) is 12.6. The van der Waals surface area contributed by atoms with Gasteiger partial charge in [0, 0.05) is 24.3 Å². The zero-order chi connectivity index (χ0) is 15.5. The monoisotopic (exact) mass is 322 g/mol. The van der Waals surface area contributed by atoms with Crippen molar-refractivity contribution >= 4 is 23.2 Å². The molecule has 0 aliphatic heterocycles. The third-order valence-corrected chi connectivity index (χ3v) is 5.75. The van der Waals surface area contributed by atoms with Gasteiger partial charge in [0.05, 0.1) is 5.01 Å².